The molecule has 0 radical (unpaired) electrons. The molecule has 0 spiro atoms. The van der Waals surface area contributed by atoms with Crippen LogP contribution in [-0.2, 0) is 11.2 Å². The molecular weight excluding hydrogens is 336 g/mol. The molecule has 0 amide bonds. The molecule has 2 aromatic carbocycles. The number of aromatic nitrogens is 2. The zero-order valence-electron chi connectivity index (χ0n) is 15.6. The van der Waals surface area contributed by atoms with E-state index in [-0.39, 0.29) is 0 Å². The first-order valence-corrected chi connectivity index (χ1v) is 9.38. The Morgan fingerprint density at radius 3 is 2.70 bits per heavy atom. The topological polar surface area (TPSA) is 50.3 Å². The quantitative estimate of drug-likeness (QED) is 0.665. The Morgan fingerprint density at radius 2 is 1.85 bits per heavy atom. The number of ether oxygens (including phenoxy) is 1. The molecule has 1 aliphatic heterocycles. The molecule has 138 valence electrons. The molecule has 0 saturated carbocycles. The monoisotopic (exact) mass is 360 g/mol. The van der Waals surface area contributed by atoms with E-state index in [1.807, 2.05) is 24.3 Å². The minimum Gasteiger partial charge on any atom is -0.383 e. The Hall–Kier alpha value is -2.92. The number of nitrogens with one attached hydrogen (secondary N) is 1. The van der Waals surface area contributed by atoms with E-state index < -0.39 is 0 Å². The van der Waals surface area contributed by atoms with E-state index in [4.69, 9.17) is 14.7 Å². The molecule has 27 heavy (non-hydrogen) atoms. The van der Waals surface area contributed by atoms with Crippen molar-refractivity contribution in [3.8, 4) is 11.3 Å². The Morgan fingerprint density at radius 1 is 1.04 bits per heavy atom. The fourth-order valence-electron chi connectivity index (χ4n) is 3.43. The van der Waals surface area contributed by atoms with Crippen molar-refractivity contribution in [3.63, 3.8) is 0 Å². The molecule has 0 saturated heterocycles. The molecule has 5 nitrogen and oxygen atoms in total. The fraction of sp³-hybridized carbons (Fsp3) is 0.273. The van der Waals surface area contributed by atoms with Crippen molar-refractivity contribution < 1.29 is 4.74 Å². The highest BCUT2D eigenvalue weighted by Gasteiger charge is 2.21. The highest BCUT2D eigenvalue weighted by Crippen LogP contribution is 2.33. The lowest BCUT2D eigenvalue weighted by Crippen LogP contribution is -2.26. The van der Waals surface area contributed by atoms with Crippen molar-refractivity contribution in [3.05, 3.63) is 66.2 Å². The summed E-state index contributed by atoms with van der Waals surface area (Å²) >= 11 is 0. The maximum absolute atomic E-state index is 5.16. The van der Waals surface area contributed by atoms with Gasteiger partial charge in [0.1, 0.15) is 5.82 Å². The molecule has 0 fully saturated rings. The van der Waals surface area contributed by atoms with Crippen LogP contribution in [-0.4, -0.2) is 36.8 Å². The van der Waals surface area contributed by atoms with Crippen LogP contribution < -0.4 is 10.2 Å². The Kier molecular flexibility index (Phi) is 5.30. The third-order valence-corrected chi connectivity index (χ3v) is 4.75. The predicted molar refractivity (Wildman–Crippen MR) is 110 cm³/mol. The molecule has 1 aromatic heterocycles. The summed E-state index contributed by atoms with van der Waals surface area (Å²) in [5, 5.41) is 3.36. The van der Waals surface area contributed by atoms with Crippen LogP contribution in [0, 0.1) is 0 Å². The predicted octanol–water partition coefficient (Wildman–Crippen LogP) is 4.29. The van der Waals surface area contributed by atoms with Gasteiger partial charge in [0.15, 0.2) is 0 Å². The summed E-state index contributed by atoms with van der Waals surface area (Å²) in [6.07, 6.45) is 2.20. The molecule has 1 N–H and O–H groups in total. The number of rotatable bonds is 6. The summed E-state index contributed by atoms with van der Waals surface area (Å²) in [4.78, 5) is 11.9. The first kappa shape index (κ1) is 17.5. The van der Waals surface area contributed by atoms with Gasteiger partial charge in [-0.25, -0.2) is 4.98 Å². The SMILES string of the molecule is COCCNc1cc(-c2ccccc2)nc(N2CCCc3ccccc32)n1. The van der Waals surface area contributed by atoms with Crippen LogP contribution in [0.5, 0.6) is 0 Å². The van der Waals surface area contributed by atoms with Crippen LogP contribution in [0.3, 0.4) is 0 Å². The fourth-order valence-corrected chi connectivity index (χ4v) is 3.43. The minimum absolute atomic E-state index is 0.632. The van der Waals surface area contributed by atoms with Gasteiger partial charge in [0.2, 0.25) is 5.95 Å². The van der Waals surface area contributed by atoms with Gasteiger partial charge in [-0.05, 0) is 24.5 Å². The zero-order chi connectivity index (χ0) is 18.5. The molecule has 4 rings (SSSR count). The standard InChI is InChI=1S/C22H24N4O/c1-27-15-13-23-21-16-19(17-8-3-2-4-9-17)24-22(25-21)26-14-7-11-18-10-5-6-12-20(18)26/h2-6,8-10,12,16H,7,11,13-15H2,1H3,(H,23,24,25). The number of aryl methyl sites for hydroxylation is 1. The molecule has 3 aromatic rings. The number of anilines is 3. The van der Waals surface area contributed by atoms with Crippen LogP contribution in [0.4, 0.5) is 17.5 Å². The summed E-state index contributed by atoms with van der Waals surface area (Å²) in [6, 6.07) is 20.8. The van der Waals surface area contributed by atoms with E-state index in [1.54, 1.807) is 7.11 Å². The number of hydrogen-bond acceptors (Lipinski definition) is 5. The summed E-state index contributed by atoms with van der Waals surface area (Å²) in [6.45, 7) is 2.26. The molecule has 0 aliphatic carbocycles. The van der Waals surface area contributed by atoms with Gasteiger partial charge in [0.05, 0.1) is 12.3 Å². The largest absolute Gasteiger partial charge is 0.383 e. The summed E-state index contributed by atoms with van der Waals surface area (Å²) in [7, 11) is 1.70. The number of nitrogens with zero attached hydrogens (tertiary/aromatic N) is 3. The molecule has 2 heterocycles. The van der Waals surface area contributed by atoms with Gasteiger partial charge in [0.25, 0.3) is 0 Å². The Labute approximate surface area is 160 Å². The van der Waals surface area contributed by atoms with Crippen LogP contribution >= 0.6 is 0 Å². The van der Waals surface area contributed by atoms with Gasteiger partial charge in [-0.2, -0.15) is 4.98 Å². The molecule has 5 heteroatoms. The average molecular weight is 360 g/mol. The molecule has 1 aliphatic rings. The van der Waals surface area contributed by atoms with Gasteiger partial charge >= 0.3 is 0 Å². The van der Waals surface area contributed by atoms with E-state index in [2.05, 4.69) is 46.6 Å². The smallest absolute Gasteiger partial charge is 0.232 e. The van der Waals surface area contributed by atoms with Crippen LogP contribution in [0.25, 0.3) is 11.3 Å². The second-order valence-corrected chi connectivity index (χ2v) is 6.61. The lowest BCUT2D eigenvalue weighted by atomic mass is 10.0. The molecule has 0 unspecified atom stereocenters. The van der Waals surface area contributed by atoms with Gasteiger partial charge in [-0.1, -0.05) is 48.5 Å². The average Bonchev–Trinajstić information content (AvgIpc) is 2.74. The van der Waals surface area contributed by atoms with E-state index in [0.717, 1.165) is 42.4 Å². The summed E-state index contributed by atoms with van der Waals surface area (Å²) < 4.78 is 5.16. The zero-order valence-corrected chi connectivity index (χ0v) is 15.6. The van der Waals surface area contributed by atoms with Gasteiger partial charge in [-0.15, -0.1) is 0 Å². The van der Waals surface area contributed by atoms with Crippen molar-refractivity contribution in [2.45, 2.75) is 12.8 Å². The highest BCUT2D eigenvalue weighted by molar-refractivity contribution is 5.69. The van der Waals surface area contributed by atoms with E-state index in [0.29, 0.717) is 13.2 Å². The van der Waals surface area contributed by atoms with Crippen LogP contribution in [0.2, 0.25) is 0 Å². The summed E-state index contributed by atoms with van der Waals surface area (Å²) in [5.74, 6) is 1.56. The van der Waals surface area contributed by atoms with Crippen LogP contribution in [0.1, 0.15) is 12.0 Å². The number of fused-ring (bicyclic) bond motifs is 1. The maximum atomic E-state index is 5.16. The van der Waals surface area contributed by atoms with E-state index in [1.165, 1.54) is 11.3 Å². The van der Waals surface area contributed by atoms with E-state index in [9.17, 15) is 0 Å². The molecule has 0 atom stereocenters. The van der Waals surface area contributed by atoms with E-state index >= 15 is 0 Å². The number of para-hydroxylation sites is 1. The van der Waals surface area contributed by atoms with Crippen LogP contribution in [0.15, 0.2) is 60.7 Å². The van der Waals surface area contributed by atoms with Crippen molar-refractivity contribution >= 4 is 17.5 Å². The first-order chi connectivity index (χ1) is 13.3. The number of methoxy groups -OCH3 is 1. The Balaban J connectivity index is 1.75. The van der Waals surface area contributed by atoms with Crippen molar-refractivity contribution in [1.29, 1.82) is 0 Å². The van der Waals surface area contributed by atoms with Gasteiger partial charge in [0, 0.05) is 37.5 Å². The number of benzene rings is 2. The third kappa shape index (κ3) is 3.93. The lowest BCUT2D eigenvalue weighted by molar-refractivity contribution is 0.210. The van der Waals surface area contributed by atoms with Crippen molar-refractivity contribution in [1.82, 2.24) is 9.97 Å². The van der Waals surface area contributed by atoms with Crippen molar-refractivity contribution in [2.24, 2.45) is 0 Å². The Bertz CT molecular complexity index is 898. The highest BCUT2D eigenvalue weighted by atomic mass is 16.5. The second kappa shape index (κ2) is 8.18. The third-order valence-electron chi connectivity index (χ3n) is 4.75. The number of hydrogen-bond donors (Lipinski definition) is 1. The molecular formula is C22H24N4O. The molecule has 0 bridgehead atoms. The van der Waals surface area contributed by atoms with Gasteiger partial charge in [-0.3, -0.25) is 0 Å². The second-order valence-electron chi connectivity index (χ2n) is 6.61. The lowest BCUT2D eigenvalue weighted by Gasteiger charge is -2.30. The first-order valence-electron chi connectivity index (χ1n) is 9.38. The maximum Gasteiger partial charge on any atom is 0.232 e. The van der Waals surface area contributed by atoms with Gasteiger partial charge < -0.3 is 15.0 Å². The normalized spacial score (nSPS) is 13.3. The summed E-state index contributed by atoms with van der Waals surface area (Å²) in [5.41, 5.74) is 4.56. The van der Waals surface area contributed by atoms with Crippen molar-refractivity contribution in [2.75, 3.05) is 37.0 Å². The minimum atomic E-state index is 0.632.